The molecule has 0 aliphatic carbocycles. The second-order valence-electron chi connectivity index (χ2n) is 11.2. The summed E-state index contributed by atoms with van der Waals surface area (Å²) in [4.78, 5) is 32.9. The molecule has 4 rings (SSSR count). The molecule has 0 saturated heterocycles. The number of aromatic nitrogens is 1. The predicted molar refractivity (Wildman–Crippen MR) is 191 cm³/mol. The largest absolute Gasteiger partial charge is 0.444 e. The fourth-order valence-corrected chi connectivity index (χ4v) is 6.45. The summed E-state index contributed by atoms with van der Waals surface area (Å²) in [5.41, 5.74) is 2.47. The molecule has 0 radical (unpaired) electrons. The first-order valence-corrected chi connectivity index (χ1v) is 17.8. The zero-order valence-electron chi connectivity index (χ0n) is 28.9. The lowest BCUT2D eigenvalue weighted by molar-refractivity contribution is -0.116. The van der Waals surface area contributed by atoms with E-state index >= 15 is 0 Å². The van der Waals surface area contributed by atoms with Gasteiger partial charge in [-0.25, -0.2) is 9.78 Å². The van der Waals surface area contributed by atoms with E-state index in [1.54, 1.807) is 23.3 Å². The Morgan fingerprint density at radius 2 is 1.78 bits per heavy atom. The van der Waals surface area contributed by atoms with Crippen molar-refractivity contribution in [3.05, 3.63) is 34.7 Å². The Bertz CT molecular complexity index is 1230. The summed E-state index contributed by atoms with van der Waals surface area (Å²) in [6.07, 6.45) is 4.31. The monoisotopic (exact) mass is 664 g/mol. The number of thiophene rings is 1. The molecule has 0 spiro atoms. The maximum Gasteiger partial charge on any atom is 0.410 e. The molecule has 254 valence electrons. The molecule has 0 saturated carbocycles. The van der Waals surface area contributed by atoms with Crippen molar-refractivity contribution in [3.8, 4) is 10.6 Å². The standard InChI is InChI=1S/C24H30N4O4S2.C5H12O.C3H8.C2H6/c1-24(2,3)32-23(31)28-12-9-15-18(14-28)34-22(27-19(30)8-10-25-11-13-29)20(15)21-26-16-6-4-5-7-17(16)33-21;1-3-4-5-6-2;1-3-2;1-2/h4-7,25,29H,8-14H2,1-3H3,(H,27,30);3-5H2,1-2H3;3H2,1-2H3;1-2H3. The van der Waals surface area contributed by atoms with E-state index in [2.05, 4.69) is 31.4 Å². The molecule has 11 heteroatoms. The zero-order valence-corrected chi connectivity index (χ0v) is 30.5. The van der Waals surface area contributed by atoms with Gasteiger partial charge in [-0.15, -0.1) is 22.7 Å². The fraction of sp³-hybridized carbons (Fsp3) is 0.618. The number of hydrogen-bond acceptors (Lipinski definition) is 9. The Hall–Kier alpha value is -2.57. The molecule has 2 aromatic heterocycles. The van der Waals surface area contributed by atoms with Crippen molar-refractivity contribution < 1.29 is 24.2 Å². The highest BCUT2D eigenvalue weighted by Crippen LogP contribution is 2.45. The van der Waals surface area contributed by atoms with Crippen LogP contribution in [0.1, 0.15) is 91.5 Å². The van der Waals surface area contributed by atoms with E-state index in [1.165, 1.54) is 30.6 Å². The van der Waals surface area contributed by atoms with Crippen LogP contribution in [0, 0.1) is 0 Å². The third-order valence-electron chi connectivity index (χ3n) is 5.99. The third-order valence-corrected chi connectivity index (χ3v) is 8.17. The quantitative estimate of drug-likeness (QED) is 0.188. The highest BCUT2D eigenvalue weighted by molar-refractivity contribution is 7.22. The second-order valence-corrected chi connectivity index (χ2v) is 13.3. The van der Waals surface area contributed by atoms with Gasteiger partial charge in [0.25, 0.3) is 0 Å². The molecule has 2 amide bonds. The number of aliphatic hydroxyl groups excluding tert-OH is 1. The summed E-state index contributed by atoms with van der Waals surface area (Å²) in [5, 5.41) is 16.6. The van der Waals surface area contributed by atoms with E-state index in [4.69, 9.17) is 19.6 Å². The van der Waals surface area contributed by atoms with Crippen molar-refractivity contribution in [2.75, 3.05) is 45.3 Å². The number of fused-ring (bicyclic) bond motifs is 2. The number of unbranched alkanes of at least 4 members (excludes halogenated alkanes) is 1. The number of methoxy groups -OCH3 is 1. The summed E-state index contributed by atoms with van der Waals surface area (Å²) >= 11 is 3.11. The molecule has 0 fully saturated rings. The van der Waals surface area contributed by atoms with Gasteiger partial charge in [0, 0.05) is 50.2 Å². The number of hydrogen-bond donors (Lipinski definition) is 3. The number of para-hydroxylation sites is 1. The topological polar surface area (TPSA) is 113 Å². The normalized spacial score (nSPS) is 12.1. The Labute approximate surface area is 278 Å². The summed E-state index contributed by atoms with van der Waals surface area (Å²) in [5.74, 6) is -0.101. The van der Waals surface area contributed by atoms with Crippen LogP contribution < -0.4 is 10.6 Å². The second kappa shape index (κ2) is 22.0. The highest BCUT2D eigenvalue weighted by atomic mass is 32.1. The Kier molecular flexibility index (Phi) is 19.8. The van der Waals surface area contributed by atoms with E-state index < -0.39 is 5.60 Å². The van der Waals surface area contributed by atoms with Crippen LogP contribution in [0.3, 0.4) is 0 Å². The van der Waals surface area contributed by atoms with Crippen molar-refractivity contribution >= 4 is 49.9 Å². The van der Waals surface area contributed by atoms with Gasteiger partial charge in [-0.05, 0) is 51.3 Å². The molecule has 0 unspecified atom stereocenters. The van der Waals surface area contributed by atoms with E-state index in [0.717, 1.165) is 42.8 Å². The number of carbonyl (C=O) groups excluding carboxylic acids is 2. The van der Waals surface area contributed by atoms with Crippen molar-refractivity contribution in [2.45, 2.75) is 99.6 Å². The first kappa shape index (κ1) is 40.5. The average molecular weight is 665 g/mol. The van der Waals surface area contributed by atoms with Crippen molar-refractivity contribution in [1.82, 2.24) is 15.2 Å². The molecule has 0 atom stereocenters. The lowest BCUT2D eigenvalue weighted by Gasteiger charge is -2.30. The van der Waals surface area contributed by atoms with Gasteiger partial charge in [-0.1, -0.05) is 59.6 Å². The molecule has 3 aromatic rings. The lowest BCUT2D eigenvalue weighted by Crippen LogP contribution is -2.39. The van der Waals surface area contributed by atoms with Crippen LogP contribution in [0.25, 0.3) is 20.8 Å². The summed E-state index contributed by atoms with van der Waals surface area (Å²) in [7, 11) is 1.73. The van der Waals surface area contributed by atoms with Crippen molar-refractivity contribution in [2.24, 2.45) is 0 Å². The van der Waals surface area contributed by atoms with E-state index in [0.29, 0.717) is 39.0 Å². The van der Waals surface area contributed by atoms with Gasteiger partial charge in [0.05, 0.1) is 23.4 Å². The Morgan fingerprint density at radius 1 is 1.09 bits per heavy atom. The van der Waals surface area contributed by atoms with E-state index in [9.17, 15) is 9.59 Å². The Balaban J connectivity index is 0.000000802. The van der Waals surface area contributed by atoms with Crippen LogP contribution in [-0.2, 0) is 27.2 Å². The lowest BCUT2D eigenvalue weighted by atomic mass is 10.0. The van der Waals surface area contributed by atoms with Gasteiger partial charge in [0.2, 0.25) is 5.91 Å². The molecule has 3 N–H and O–H groups in total. The van der Waals surface area contributed by atoms with Crippen LogP contribution >= 0.6 is 22.7 Å². The van der Waals surface area contributed by atoms with Crippen LogP contribution in [-0.4, -0.2) is 72.5 Å². The molecule has 1 aliphatic heterocycles. The molecule has 1 aliphatic rings. The molecule has 45 heavy (non-hydrogen) atoms. The van der Waals surface area contributed by atoms with Crippen LogP contribution in [0.5, 0.6) is 0 Å². The van der Waals surface area contributed by atoms with Crippen molar-refractivity contribution in [1.29, 1.82) is 0 Å². The average Bonchev–Trinajstić information content (AvgIpc) is 3.59. The molecule has 0 bridgehead atoms. The number of benzene rings is 1. The molecule has 3 heterocycles. The number of carbonyl (C=O) groups is 2. The number of aliphatic hydroxyl groups is 1. The number of anilines is 1. The zero-order chi connectivity index (χ0) is 33.8. The number of rotatable bonds is 10. The SMILES string of the molecule is CC.CC(C)(C)OC(=O)N1CCc2c(sc(NC(=O)CCNCCO)c2-c2nc3ccccc3s2)C1.CCC.CCCCOC. The maximum absolute atomic E-state index is 12.7. The summed E-state index contributed by atoms with van der Waals surface area (Å²) in [6.45, 7) is 18.9. The number of amides is 2. The number of ether oxygens (including phenoxy) is 2. The minimum absolute atomic E-state index is 0.0369. The fourth-order valence-electron chi connectivity index (χ4n) is 4.06. The maximum atomic E-state index is 12.7. The van der Waals surface area contributed by atoms with E-state index in [1.807, 2.05) is 58.9 Å². The molecule has 1 aromatic carbocycles. The number of thiazole rings is 1. The first-order chi connectivity index (χ1) is 21.6. The number of nitrogens with one attached hydrogen (secondary N) is 2. The minimum atomic E-state index is -0.553. The summed E-state index contributed by atoms with van der Waals surface area (Å²) < 4.78 is 11.4. The van der Waals surface area contributed by atoms with Gasteiger partial charge in [-0.3, -0.25) is 4.79 Å². The molecular formula is C34H56N4O5S2. The van der Waals surface area contributed by atoms with Gasteiger partial charge in [-0.2, -0.15) is 0 Å². The van der Waals surface area contributed by atoms with Gasteiger partial charge in [0.15, 0.2) is 0 Å². The number of nitrogens with zero attached hydrogens (tertiary/aromatic N) is 2. The predicted octanol–water partition coefficient (Wildman–Crippen LogP) is 8.10. The van der Waals surface area contributed by atoms with Crippen molar-refractivity contribution in [3.63, 3.8) is 0 Å². The smallest absolute Gasteiger partial charge is 0.410 e. The van der Waals surface area contributed by atoms with Crippen LogP contribution in [0.2, 0.25) is 0 Å². The Morgan fingerprint density at radius 3 is 2.36 bits per heavy atom. The van der Waals surface area contributed by atoms with Gasteiger partial charge >= 0.3 is 6.09 Å². The summed E-state index contributed by atoms with van der Waals surface area (Å²) in [6, 6.07) is 8.00. The van der Waals surface area contributed by atoms with Gasteiger partial charge < -0.3 is 30.1 Å². The first-order valence-electron chi connectivity index (χ1n) is 16.2. The molecule has 9 nitrogen and oxygen atoms in total. The van der Waals surface area contributed by atoms with Crippen LogP contribution in [0.4, 0.5) is 9.80 Å². The third kappa shape index (κ3) is 14.2. The van der Waals surface area contributed by atoms with Gasteiger partial charge in [0.1, 0.15) is 15.6 Å². The molecular weight excluding hydrogens is 609 g/mol. The minimum Gasteiger partial charge on any atom is -0.444 e. The van der Waals surface area contributed by atoms with E-state index in [-0.39, 0.29) is 18.6 Å². The highest BCUT2D eigenvalue weighted by Gasteiger charge is 2.31. The van der Waals surface area contributed by atoms with Crippen LogP contribution in [0.15, 0.2) is 24.3 Å².